The second-order valence-electron chi connectivity index (χ2n) is 7.40. The highest BCUT2D eigenvalue weighted by molar-refractivity contribution is 5.96. The molecule has 0 aliphatic carbocycles. The van der Waals surface area contributed by atoms with Crippen LogP contribution in [0.4, 0.5) is 0 Å². The fourth-order valence-electron chi connectivity index (χ4n) is 3.55. The molecule has 3 heterocycles. The summed E-state index contributed by atoms with van der Waals surface area (Å²) < 4.78 is 6.97. The minimum atomic E-state index is -0.474. The van der Waals surface area contributed by atoms with Gasteiger partial charge in [-0.05, 0) is 18.4 Å². The van der Waals surface area contributed by atoms with Crippen molar-refractivity contribution in [2.75, 3.05) is 45.9 Å². The van der Waals surface area contributed by atoms with E-state index in [0.717, 1.165) is 12.1 Å². The van der Waals surface area contributed by atoms with E-state index in [-0.39, 0.29) is 11.8 Å². The summed E-state index contributed by atoms with van der Waals surface area (Å²) in [6, 6.07) is 1.39. The van der Waals surface area contributed by atoms with E-state index in [2.05, 4.69) is 24.3 Å². The van der Waals surface area contributed by atoms with E-state index in [9.17, 15) is 9.59 Å². The number of piperazine rings is 1. The molecule has 2 aliphatic heterocycles. The SMILES string of the molecule is CC(C)Cc1cc(C(=O)N2CCNC[C@H]2C(=O)N2CCOCC2)n(C)n1. The molecule has 0 bridgehead atoms. The first kappa shape index (κ1) is 18.8. The van der Waals surface area contributed by atoms with Gasteiger partial charge in [-0.1, -0.05) is 13.8 Å². The Kier molecular flexibility index (Phi) is 5.93. The van der Waals surface area contributed by atoms with Gasteiger partial charge in [0.05, 0.1) is 18.9 Å². The van der Waals surface area contributed by atoms with Crippen molar-refractivity contribution >= 4 is 11.8 Å². The molecule has 0 aromatic carbocycles. The smallest absolute Gasteiger partial charge is 0.272 e. The number of carbonyl (C=O) groups excluding carboxylic acids is 2. The van der Waals surface area contributed by atoms with Gasteiger partial charge in [0.2, 0.25) is 5.91 Å². The maximum Gasteiger partial charge on any atom is 0.272 e. The summed E-state index contributed by atoms with van der Waals surface area (Å²) in [5, 5.41) is 7.71. The predicted molar refractivity (Wildman–Crippen MR) is 96.8 cm³/mol. The van der Waals surface area contributed by atoms with Crippen LogP contribution in [-0.2, 0) is 23.0 Å². The maximum absolute atomic E-state index is 13.2. The first-order valence-corrected chi connectivity index (χ1v) is 9.38. The molecule has 2 amide bonds. The van der Waals surface area contributed by atoms with E-state index in [1.165, 1.54) is 0 Å². The Morgan fingerprint density at radius 3 is 2.73 bits per heavy atom. The van der Waals surface area contributed by atoms with E-state index in [4.69, 9.17) is 4.74 Å². The molecular formula is C18H29N5O3. The monoisotopic (exact) mass is 363 g/mol. The first-order valence-electron chi connectivity index (χ1n) is 9.38. The zero-order valence-corrected chi connectivity index (χ0v) is 15.9. The molecule has 8 nitrogen and oxygen atoms in total. The van der Waals surface area contributed by atoms with Crippen molar-refractivity contribution in [2.45, 2.75) is 26.3 Å². The highest BCUT2D eigenvalue weighted by Gasteiger charge is 2.36. The number of aromatic nitrogens is 2. The lowest BCUT2D eigenvalue weighted by Crippen LogP contribution is -2.61. The minimum Gasteiger partial charge on any atom is -0.378 e. The molecule has 144 valence electrons. The van der Waals surface area contributed by atoms with Crippen LogP contribution >= 0.6 is 0 Å². The van der Waals surface area contributed by atoms with Crippen LogP contribution in [0.3, 0.4) is 0 Å². The summed E-state index contributed by atoms with van der Waals surface area (Å²) in [4.78, 5) is 29.6. The number of carbonyl (C=O) groups is 2. The summed E-state index contributed by atoms with van der Waals surface area (Å²) in [5.41, 5.74) is 1.46. The molecule has 8 heteroatoms. The fourth-order valence-corrected chi connectivity index (χ4v) is 3.55. The number of hydrogen-bond donors (Lipinski definition) is 1. The van der Waals surface area contributed by atoms with Crippen molar-refractivity contribution in [3.05, 3.63) is 17.5 Å². The van der Waals surface area contributed by atoms with E-state index < -0.39 is 6.04 Å². The third-order valence-electron chi connectivity index (χ3n) is 4.88. The molecule has 0 saturated carbocycles. The van der Waals surface area contributed by atoms with Gasteiger partial charge in [0.15, 0.2) is 0 Å². The fraction of sp³-hybridized carbons (Fsp3) is 0.722. The van der Waals surface area contributed by atoms with Crippen LogP contribution in [0.2, 0.25) is 0 Å². The average Bonchev–Trinajstić information content (AvgIpc) is 3.00. The maximum atomic E-state index is 13.2. The Bertz CT molecular complexity index is 651. The Morgan fingerprint density at radius 1 is 1.31 bits per heavy atom. The van der Waals surface area contributed by atoms with Crippen molar-refractivity contribution in [2.24, 2.45) is 13.0 Å². The Labute approximate surface area is 154 Å². The van der Waals surface area contributed by atoms with Crippen LogP contribution in [0.5, 0.6) is 0 Å². The standard InChI is InChI=1S/C18H29N5O3/c1-13(2)10-14-11-15(21(3)20-14)18(25)23-5-4-19-12-16(23)17(24)22-6-8-26-9-7-22/h11,13,16,19H,4-10,12H2,1-3H3/t16-/m0/s1. The second-order valence-corrected chi connectivity index (χ2v) is 7.40. The van der Waals surface area contributed by atoms with E-state index in [1.807, 2.05) is 6.07 Å². The number of nitrogens with zero attached hydrogens (tertiary/aromatic N) is 4. The van der Waals surface area contributed by atoms with Crippen molar-refractivity contribution < 1.29 is 14.3 Å². The number of nitrogens with one attached hydrogen (secondary N) is 1. The Hall–Kier alpha value is -1.93. The lowest BCUT2D eigenvalue weighted by molar-refractivity contribution is -0.140. The number of morpholine rings is 1. The molecule has 1 aromatic rings. The van der Waals surface area contributed by atoms with Crippen molar-refractivity contribution in [3.8, 4) is 0 Å². The lowest BCUT2D eigenvalue weighted by atomic mass is 10.1. The van der Waals surface area contributed by atoms with Crippen LogP contribution in [0.15, 0.2) is 6.07 Å². The minimum absolute atomic E-state index is 0.00146. The molecule has 26 heavy (non-hydrogen) atoms. The zero-order chi connectivity index (χ0) is 18.7. The third-order valence-corrected chi connectivity index (χ3v) is 4.88. The highest BCUT2D eigenvalue weighted by Crippen LogP contribution is 2.16. The van der Waals surface area contributed by atoms with Gasteiger partial charge >= 0.3 is 0 Å². The number of aryl methyl sites for hydroxylation is 1. The summed E-state index contributed by atoms with van der Waals surface area (Å²) in [6.07, 6.45) is 0.832. The van der Waals surface area contributed by atoms with Gasteiger partial charge in [-0.2, -0.15) is 5.10 Å². The van der Waals surface area contributed by atoms with Crippen LogP contribution in [0.25, 0.3) is 0 Å². The first-order chi connectivity index (χ1) is 12.5. The van der Waals surface area contributed by atoms with Crippen LogP contribution < -0.4 is 5.32 Å². The van der Waals surface area contributed by atoms with Gasteiger partial charge in [0.25, 0.3) is 5.91 Å². The van der Waals surface area contributed by atoms with Crippen LogP contribution in [-0.4, -0.2) is 83.4 Å². The largest absolute Gasteiger partial charge is 0.378 e. The molecule has 0 spiro atoms. The summed E-state index contributed by atoms with van der Waals surface area (Å²) in [5.74, 6) is 0.351. The summed E-state index contributed by atoms with van der Waals surface area (Å²) in [7, 11) is 1.79. The van der Waals surface area contributed by atoms with Gasteiger partial charge in [0, 0.05) is 39.8 Å². The number of rotatable bonds is 4. The van der Waals surface area contributed by atoms with Crippen molar-refractivity contribution in [1.29, 1.82) is 0 Å². The quantitative estimate of drug-likeness (QED) is 0.808. The molecule has 0 unspecified atom stereocenters. The Balaban J connectivity index is 1.77. The predicted octanol–water partition coefficient (Wildman–Crippen LogP) is -0.109. The van der Waals surface area contributed by atoms with E-state index in [0.29, 0.717) is 57.5 Å². The summed E-state index contributed by atoms with van der Waals surface area (Å²) in [6.45, 7) is 8.23. The lowest BCUT2D eigenvalue weighted by Gasteiger charge is -2.38. The molecule has 1 aromatic heterocycles. The molecule has 2 saturated heterocycles. The molecular weight excluding hydrogens is 334 g/mol. The van der Waals surface area contributed by atoms with Gasteiger partial charge < -0.3 is 19.9 Å². The average molecular weight is 363 g/mol. The van der Waals surface area contributed by atoms with Crippen molar-refractivity contribution in [1.82, 2.24) is 24.9 Å². The normalized spacial score (nSPS) is 21.3. The van der Waals surface area contributed by atoms with Gasteiger partial charge in [0.1, 0.15) is 11.7 Å². The molecule has 3 rings (SSSR count). The molecule has 2 fully saturated rings. The van der Waals surface area contributed by atoms with E-state index in [1.54, 1.807) is 21.5 Å². The van der Waals surface area contributed by atoms with Gasteiger partial charge in [-0.25, -0.2) is 0 Å². The molecule has 0 radical (unpaired) electrons. The highest BCUT2D eigenvalue weighted by atomic mass is 16.5. The van der Waals surface area contributed by atoms with Crippen molar-refractivity contribution in [3.63, 3.8) is 0 Å². The molecule has 1 N–H and O–H groups in total. The number of hydrogen-bond acceptors (Lipinski definition) is 5. The number of amides is 2. The third kappa shape index (κ3) is 4.07. The molecule has 2 aliphatic rings. The number of ether oxygens (including phenoxy) is 1. The summed E-state index contributed by atoms with van der Waals surface area (Å²) >= 11 is 0. The van der Waals surface area contributed by atoms with Crippen LogP contribution in [0.1, 0.15) is 30.0 Å². The second kappa shape index (κ2) is 8.18. The van der Waals surface area contributed by atoms with Crippen LogP contribution in [0, 0.1) is 5.92 Å². The zero-order valence-electron chi connectivity index (χ0n) is 15.9. The molecule has 1 atom stereocenters. The topological polar surface area (TPSA) is 79.7 Å². The Morgan fingerprint density at radius 2 is 2.04 bits per heavy atom. The van der Waals surface area contributed by atoms with E-state index >= 15 is 0 Å². The van der Waals surface area contributed by atoms with Gasteiger partial charge in [-0.15, -0.1) is 0 Å². The van der Waals surface area contributed by atoms with Gasteiger partial charge in [-0.3, -0.25) is 14.3 Å².